The highest BCUT2D eigenvalue weighted by Gasteiger charge is 2.32. The maximum absolute atomic E-state index is 13.8. The third-order valence-electron chi connectivity index (χ3n) is 4.26. The second-order valence-electron chi connectivity index (χ2n) is 6.31. The number of benzene rings is 1. The van der Waals surface area contributed by atoms with Gasteiger partial charge < -0.3 is 16.2 Å². The Bertz CT molecular complexity index is 800. The van der Waals surface area contributed by atoms with Crippen LogP contribution >= 0.6 is 0 Å². The minimum atomic E-state index is -3.33. The van der Waals surface area contributed by atoms with E-state index in [0.29, 0.717) is 11.1 Å². The van der Waals surface area contributed by atoms with Gasteiger partial charge in [0.25, 0.3) is 11.8 Å². The van der Waals surface area contributed by atoms with E-state index in [2.05, 4.69) is 4.98 Å². The Morgan fingerprint density at radius 3 is 2.24 bits per heavy atom. The number of carbonyl (C=O) groups is 1. The van der Waals surface area contributed by atoms with E-state index in [1.165, 1.54) is 42.6 Å². The number of halogens is 5. The minimum Gasteiger partial charge on any atom is -0.386 e. The number of hydrogen-bond donors (Lipinski definition) is 3. The molecule has 158 valence electrons. The Morgan fingerprint density at radius 2 is 1.76 bits per heavy atom. The van der Waals surface area contributed by atoms with Crippen LogP contribution in [0.2, 0.25) is 0 Å². The number of aromatic nitrogens is 1. The minimum absolute atomic E-state index is 0.183. The predicted molar refractivity (Wildman–Crippen MR) is 96.1 cm³/mol. The van der Waals surface area contributed by atoms with Gasteiger partial charge in [0.15, 0.2) is 0 Å². The van der Waals surface area contributed by atoms with Crippen LogP contribution in [-0.2, 0) is 10.7 Å². The zero-order valence-corrected chi connectivity index (χ0v) is 15.2. The van der Waals surface area contributed by atoms with Crippen molar-refractivity contribution >= 4 is 5.91 Å². The van der Waals surface area contributed by atoms with Crippen molar-refractivity contribution in [1.29, 1.82) is 0 Å². The molecule has 5 nitrogen and oxygen atoms in total. The summed E-state index contributed by atoms with van der Waals surface area (Å²) in [6.45, 7) is -1.43. The monoisotopic (exact) mass is 417 g/mol. The summed E-state index contributed by atoms with van der Waals surface area (Å²) >= 11 is 0. The smallest absolute Gasteiger partial charge is 0.315 e. The molecule has 0 unspecified atom stereocenters. The number of alkyl halides is 5. The van der Waals surface area contributed by atoms with Gasteiger partial charge in [-0.25, -0.2) is 4.39 Å². The van der Waals surface area contributed by atoms with Crippen LogP contribution in [0.1, 0.15) is 23.8 Å². The summed E-state index contributed by atoms with van der Waals surface area (Å²) in [6, 6.07) is 6.98. The van der Waals surface area contributed by atoms with E-state index in [1.54, 1.807) is 5.32 Å². The average molecular weight is 417 g/mol. The van der Waals surface area contributed by atoms with Gasteiger partial charge in [-0.05, 0) is 23.7 Å². The SMILES string of the molecule is NCCC(F)(F)c1ccc(-c2ccc([C@@H](O)[C@@H](CF)NC(=O)C(F)F)cc2)cn1. The topological polar surface area (TPSA) is 88.2 Å². The van der Waals surface area contributed by atoms with E-state index in [1.807, 2.05) is 0 Å². The fraction of sp³-hybridized carbons (Fsp3) is 0.368. The molecule has 2 aromatic rings. The second-order valence-corrected chi connectivity index (χ2v) is 6.31. The molecule has 0 bridgehead atoms. The normalized spacial score (nSPS) is 13.9. The summed E-state index contributed by atoms with van der Waals surface area (Å²) in [5, 5.41) is 11.9. The van der Waals surface area contributed by atoms with Crippen LogP contribution in [-0.4, -0.2) is 41.7 Å². The van der Waals surface area contributed by atoms with Gasteiger partial charge in [0.2, 0.25) is 0 Å². The van der Waals surface area contributed by atoms with Gasteiger partial charge in [-0.15, -0.1) is 0 Å². The largest absolute Gasteiger partial charge is 0.386 e. The van der Waals surface area contributed by atoms with Crippen LogP contribution in [0.3, 0.4) is 0 Å². The highest BCUT2D eigenvalue weighted by molar-refractivity contribution is 5.79. The molecule has 2 atom stereocenters. The van der Waals surface area contributed by atoms with Gasteiger partial charge in [-0.3, -0.25) is 9.78 Å². The van der Waals surface area contributed by atoms with Gasteiger partial charge in [0, 0.05) is 18.2 Å². The van der Waals surface area contributed by atoms with Crippen molar-refractivity contribution in [1.82, 2.24) is 10.3 Å². The first-order valence-corrected chi connectivity index (χ1v) is 8.67. The van der Waals surface area contributed by atoms with Gasteiger partial charge >= 0.3 is 6.43 Å². The number of aliphatic hydroxyl groups is 1. The molecule has 0 aliphatic rings. The zero-order valence-electron chi connectivity index (χ0n) is 15.2. The Morgan fingerprint density at radius 1 is 1.14 bits per heavy atom. The summed E-state index contributed by atoms with van der Waals surface area (Å²) in [6.07, 6.45) is -4.14. The molecule has 1 aromatic carbocycles. The maximum Gasteiger partial charge on any atom is 0.315 e. The number of hydrogen-bond acceptors (Lipinski definition) is 4. The molecule has 0 radical (unpaired) electrons. The van der Waals surface area contributed by atoms with Crippen molar-refractivity contribution in [2.24, 2.45) is 5.73 Å². The second kappa shape index (κ2) is 9.75. The summed E-state index contributed by atoms with van der Waals surface area (Å²) < 4.78 is 65.3. The molecule has 29 heavy (non-hydrogen) atoms. The number of nitrogens with zero attached hydrogens (tertiary/aromatic N) is 1. The van der Waals surface area contributed by atoms with E-state index >= 15 is 0 Å². The first-order chi connectivity index (χ1) is 13.7. The maximum atomic E-state index is 13.8. The Kier molecular flexibility index (Phi) is 7.63. The van der Waals surface area contributed by atoms with E-state index in [9.17, 15) is 31.9 Å². The Balaban J connectivity index is 2.14. The zero-order chi connectivity index (χ0) is 21.6. The summed E-state index contributed by atoms with van der Waals surface area (Å²) in [7, 11) is 0. The fourth-order valence-electron chi connectivity index (χ4n) is 2.64. The lowest BCUT2D eigenvalue weighted by Gasteiger charge is -2.22. The first kappa shape index (κ1) is 22.7. The summed E-state index contributed by atoms with van der Waals surface area (Å²) in [5.41, 5.74) is 6.05. The van der Waals surface area contributed by atoms with Gasteiger partial charge in [0.1, 0.15) is 18.5 Å². The molecule has 0 aliphatic heterocycles. The Labute approximate surface area is 163 Å². The number of rotatable bonds is 9. The molecule has 0 saturated carbocycles. The highest BCUT2D eigenvalue weighted by Crippen LogP contribution is 2.31. The van der Waals surface area contributed by atoms with Crippen molar-refractivity contribution in [3.63, 3.8) is 0 Å². The molecule has 1 heterocycles. The van der Waals surface area contributed by atoms with Gasteiger partial charge in [0.05, 0.1) is 6.04 Å². The molecule has 10 heteroatoms. The molecule has 4 N–H and O–H groups in total. The predicted octanol–water partition coefficient (Wildman–Crippen LogP) is 2.94. The third-order valence-corrected chi connectivity index (χ3v) is 4.26. The van der Waals surface area contributed by atoms with E-state index < -0.39 is 49.2 Å². The van der Waals surface area contributed by atoms with E-state index in [0.717, 1.165) is 0 Å². The number of aliphatic hydroxyl groups excluding tert-OH is 1. The molecule has 1 amide bonds. The van der Waals surface area contributed by atoms with Crippen molar-refractivity contribution in [2.45, 2.75) is 30.9 Å². The van der Waals surface area contributed by atoms with E-state index in [4.69, 9.17) is 5.73 Å². The highest BCUT2D eigenvalue weighted by atomic mass is 19.3. The molecule has 1 aromatic heterocycles. The molecule has 2 rings (SSSR count). The molecule has 0 aliphatic carbocycles. The van der Waals surface area contributed by atoms with Crippen molar-refractivity contribution in [3.8, 4) is 11.1 Å². The lowest BCUT2D eigenvalue weighted by atomic mass is 9.99. The number of amides is 1. The molecule has 0 saturated heterocycles. The lowest BCUT2D eigenvalue weighted by Crippen LogP contribution is -2.43. The number of nitrogens with two attached hydrogens (primary N) is 1. The molecule has 0 fully saturated rings. The molecular formula is C19H20F5N3O2. The fourth-order valence-corrected chi connectivity index (χ4v) is 2.64. The summed E-state index contributed by atoms with van der Waals surface area (Å²) in [5.74, 6) is -4.81. The Hall–Kier alpha value is -2.59. The van der Waals surface area contributed by atoms with Crippen LogP contribution in [0.5, 0.6) is 0 Å². The quantitative estimate of drug-likeness (QED) is 0.548. The van der Waals surface area contributed by atoms with Crippen LogP contribution in [0, 0.1) is 0 Å². The third kappa shape index (κ3) is 5.70. The standard InChI is InChI=1S/C19H20F5N3O2/c20-9-14(27-18(29)17(21)22)16(28)12-3-1-11(2-4-12)13-5-6-15(26-10-13)19(23,24)7-8-25/h1-6,10,14,16-17,28H,7-9,25H2,(H,27,29)/t14-,16-/m1/s1. The average Bonchev–Trinajstić information content (AvgIpc) is 2.71. The van der Waals surface area contributed by atoms with E-state index in [-0.39, 0.29) is 12.1 Å². The first-order valence-electron chi connectivity index (χ1n) is 8.67. The number of nitrogens with one attached hydrogen (secondary N) is 1. The number of pyridine rings is 1. The van der Waals surface area contributed by atoms with Crippen molar-refractivity contribution in [3.05, 3.63) is 53.9 Å². The number of carbonyl (C=O) groups excluding carboxylic acids is 1. The summed E-state index contributed by atoms with van der Waals surface area (Å²) in [4.78, 5) is 14.8. The van der Waals surface area contributed by atoms with Gasteiger partial charge in [-0.2, -0.15) is 17.6 Å². The van der Waals surface area contributed by atoms with Crippen molar-refractivity contribution < 1.29 is 31.9 Å². The lowest BCUT2D eigenvalue weighted by molar-refractivity contribution is -0.133. The van der Waals surface area contributed by atoms with Crippen molar-refractivity contribution in [2.75, 3.05) is 13.2 Å². The van der Waals surface area contributed by atoms with Crippen LogP contribution in [0.4, 0.5) is 22.0 Å². The van der Waals surface area contributed by atoms with Crippen LogP contribution < -0.4 is 11.1 Å². The molecule has 0 spiro atoms. The van der Waals surface area contributed by atoms with Crippen LogP contribution in [0.15, 0.2) is 42.6 Å². The van der Waals surface area contributed by atoms with Gasteiger partial charge in [-0.1, -0.05) is 30.3 Å². The van der Waals surface area contributed by atoms with Crippen LogP contribution in [0.25, 0.3) is 11.1 Å². The molecular weight excluding hydrogens is 397 g/mol.